The fourth-order valence-corrected chi connectivity index (χ4v) is 1.89. The van der Waals surface area contributed by atoms with Crippen molar-refractivity contribution in [3.63, 3.8) is 0 Å². The molecule has 6 heteroatoms. The average Bonchev–Trinajstić information content (AvgIpc) is 2.55. The number of phenols is 1. The molecule has 6 nitrogen and oxygen atoms in total. The largest absolute Gasteiger partial charge is 0.507 e. The molecule has 118 valence electrons. The minimum Gasteiger partial charge on any atom is -0.507 e. The predicted molar refractivity (Wildman–Crippen MR) is 87.4 cm³/mol. The van der Waals surface area contributed by atoms with Gasteiger partial charge in [-0.25, -0.2) is 5.43 Å². The van der Waals surface area contributed by atoms with Crippen molar-refractivity contribution in [2.24, 2.45) is 5.10 Å². The molecule has 0 fully saturated rings. The smallest absolute Gasteiger partial charge is 0.259 e. The van der Waals surface area contributed by atoms with Gasteiger partial charge in [0.15, 0.2) is 0 Å². The highest BCUT2D eigenvalue weighted by Gasteiger charge is 2.09. The van der Waals surface area contributed by atoms with Crippen LogP contribution < -0.4 is 10.7 Å². The topological polar surface area (TPSA) is 90.8 Å². The summed E-state index contributed by atoms with van der Waals surface area (Å²) in [4.78, 5) is 23.6. The molecule has 23 heavy (non-hydrogen) atoms. The molecule has 3 N–H and O–H groups in total. The van der Waals surface area contributed by atoms with E-state index in [9.17, 15) is 14.7 Å². The first-order chi connectivity index (χ1) is 11.1. The lowest BCUT2D eigenvalue weighted by Gasteiger charge is -2.06. The van der Waals surface area contributed by atoms with Crippen molar-refractivity contribution in [3.8, 4) is 5.75 Å². The number of aryl methyl sites for hydroxylation is 1. The summed E-state index contributed by atoms with van der Waals surface area (Å²) in [6.07, 6.45) is 1.33. The molecule has 0 atom stereocenters. The van der Waals surface area contributed by atoms with E-state index in [4.69, 9.17) is 0 Å². The molecule has 0 aromatic heterocycles. The van der Waals surface area contributed by atoms with Crippen LogP contribution in [0.15, 0.2) is 53.6 Å². The molecular formula is C17H17N3O3. The van der Waals surface area contributed by atoms with Crippen LogP contribution in [0, 0.1) is 6.92 Å². The van der Waals surface area contributed by atoms with E-state index in [1.807, 2.05) is 19.1 Å². The Bertz CT molecular complexity index is 741. The van der Waals surface area contributed by atoms with Gasteiger partial charge in [0.2, 0.25) is 0 Å². The number of carbonyl (C=O) groups excluding carboxylic acids is 2. The lowest BCUT2D eigenvalue weighted by Crippen LogP contribution is -2.35. The second-order valence-electron chi connectivity index (χ2n) is 4.85. The van der Waals surface area contributed by atoms with Gasteiger partial charge in [0.05, 0.1) is 12.8 Å². The van der Waals surface area contributed by atoms with Crippen LogP contribution in [0.2, 0.25) is 0 Å². The van der Waals surface area contributed by atoms with E-state index in [2.05, 4.69) is 15.8 Å². The number of benzene rings is 2. The number of phenolic OH excluding ortho intramolecular Hbond substituents is 1. The van der Waals surface area contributed by atoms with Gasteiger partial charge in [-0.05, 0) is 30.7 Å². The molecule has 0 unspecified atom stereocenters. The molecule has 0 aliphatic carbocycles. The number of hydrazone groups is 1. The van der Waals surface area contributed by atoms with Gasteiger partial charge in [0.1, 0.15) is 5.75 Å². The summed E-state index contributed by atoms with van der Waals surface area (Å²) < 4.78 is 0. The summed E-state index contributed by atoms with van der Waals surface area (Å²) >= 11 is 0. The van der Waals surface area contributed by atoms with Crippen molar-refractivity contribution < 1.29 is 14.7 Å². The van der Waals surface area contributed by atoms with Crippen LogP contribution in [0.25, 0.3) is 0 Å². The third-order valence-electron chi connectivity index (χ3n) is 3.13. The van der Waals surface area contributed by atoms with Crippen LogP contribution in [0.5, 0.6) is 5.75 Å². The van der Waals surface area contributed by atoms with Crippen LogP contribution in [-0.4, -0.2) is 29.7 Å². The van der Waals surface area contributed by atoms with Crippen molar-refractivity contribution in [3.05, 3.63) is 65.2 Å². The van der Waals surface area contributed by atoms with E-state index in [-0.39, 0.29) is 18.2 Å². The first-order valence-corrected chi connectivity index (χ1v) is 7.01. The number of hydrogen-bond acceptors (Lipinski definition) is 4. The normalized spacial score (nSPS) is 10.5. The number of hydrogen-bond donors (Lipinski definition) is 3. The molecule has 2 rings (SSSR count). The zero-order chi connectivity index (χ0) is 16.7. The lowest BCUT2D eigenvalue weighted by atomic mass is 10.1. The second-order valence-corrected chi connectivity index (χ2v) is 4.85. The molecule has 0 heterocycles. The van der Waals surface area contributed by atoms with Crippen molar-refractivity contribution >= 4 is 18.0 Å². The van der Waals surface area contributed by atoms with E-state index in [1.165, 1.54) is 12.3 Å². The van der Waals surface area contributed by atoms with Crippen molar-refractivity contribution in [2.45, 2.75) is 6.92 Å². The fourth-order valence-electron chi connectivity index (χ4n) is 1.89. The fraction of sp³-hybridized carbons (Fsp3) is 0.118. The monoisotopic (exact) mass is 311 g/mol. The Kier molecular flexibility index (Phi) is 5.46. The number of para-hydroxylation sites is 1. The molecule has 2 aromatic carbocycles. The summed E-state index contributed by atoms with van der Waals surface area (Å²) in [5, 5.41) is 15.8. The maximum absolute atomic E-state index is 11.9. The van der Waals surface area contributed by atoms with Gasteiger partial charge in [-0.1, -0.05) is 30.3 Å². The predicted octanol–water partition coefficient (Wildman–Crippen LogP) is 1.58. The highest BCUT2D eigenvalue weighted by atomic mass is 16.3. The third-order valence-corrected chi connectivity index (χ3v) is 3.13. The number of rotatable bonds is 5. The molecule has 0 saturated heterocycles. The lowest BCUT2D eigenvalue weighted by molar-refractivity contribution is -0.120. The minimum atomic E-state index is -0.460. The van der Waals surface area contributed by atoms with Crippen molar-refractivity contribution in [1.82, 2.24) is 10.7 Å². The van der Waals surface area contributed by atoms with Crippen molar-refractivity contribution in [2.75, 3.05) is 6.54 Å². The molecule has 0 aliphatic rings. The Labute approximate surface area is 133 Å². The number of aromatic hydroxyl groups is 1. The molecule has 2 aromatic rings. The molecule has 0 spiro atoms. The molecular weight excluding hydrogens is 294 g/mol. The summed E-state index contributed by atoms with van der Waals surface area (Å²) in [7, 11) is 0. The van der Waals surface area contributed by atoms with Crippen molar-refractivity contribution in [1.29, 1.82) is 0 Å². The summed E-state index contributed by atoms with van der Waals surface area (Å²) in [6.45, 7) is 1.64. The molecule has 0 bridgehead atoms. The van der Waals surface area contributed by atoms with Gasteiger partial charge in [-0.3, -0.25) is 9.59 Å². The van der Waals surface area contributed by atoms with Crippen LogP contribution in [0.1, 0.15) is 21.5 Å². The first kappa shape index (κ1) is 16.2. The van der Waals surface area contributed by atoms with Crippen LogP contribution in [0.3, 0.4) is 0 Å². The van der Waals surface area contributed by atoms with E-state index in [1.54, 1.807) is 30.3 Å². The summed E-state index contributed by atoms with van der Waals surface area (Å²) in [6, 6.07) is 13.7. The highest BCUT2D eigenvalue weighted by molar-refractivity contribution is 5.97. The van der Waals surface area contributed by atoms with Gasteiger partial charge in [-0.15, -0.1) is 0 Å². The van der Waals surface area contributed by atoms with E-state index in [0.29, 0.717) is 11.1 Å². The van der Waals surface area contributed by atoms with Gasteiger partial charge >= 0.3 is 0 Å². The third kappa shape index (κ3) is 4.67. The second kappa shape index (κ2) is 7.74. The van der Waals surface area contributed by atoms with E-state index < -0.39 is 5.91 Å². The standard InChI is InChI=1S/C17H17N3O3/c1-12-6-2-4-8-14(12)17(23)18-11-16(22)20-19-10-13-7-3-5-9-15(13)21/h2-10,21H,11H2,1H3,(H,18,23)(H,20,22). The number of nitrogens with zero attached hydrogens (tertiary/aromatic N) is 1. The molecule has 2 amide bonds. The summed E-state index contributed by atoms with van der Waals surface area (Å²) in [5.74, 6) is -0.708. The van der Waals surface area contributed by atoms with Crippen LogP contribution in [0.4, 0.5) is 0 Å². The van der Waals surface area contributed by atoms with Crippen LogP contribution >= 0.6 is 0 Å². The van der Waals surface area contributed by atoms with Gasteiger partial charge in [0.25, 0.3) is 11.8 Å². The van der Waals surface area contributed by atoms with Crippen LogP contribution in [-0.2, 0) is 4.79 Å². The number of amides is 2. The zero-order valence-corrected chi connectivity index (χ0v) is 12.6. The Morgan fingerprint density at radius 3 is 2.57 bits per heavy atom. The van der Waals surface area contributed by atoms with Gasteiger partial charge in [-0.2, -0.15) is 5.10 Å². The highest BCUT2D eigenvalue weighted by Crippen LogP contribution is 2.12. The number of nitrogens with one attached hydrogen (secondary N) is 2. The molecule has 0 saturated carbocycles. The Hall–Kier alpha value is -3.15. The first-order valence-electron chi connectivity index (χ1n) is 7.01. The molecule has 0 aliphatic heterocycles. The summed E-state index contributed by atoms with van der Waals surface area (Å²) in [5.41, 5.74) is 4.13. The Morgan fingerprint density at radius 2 is 1.83 bits per heavy atom. The Morgan fingerprint density at radius 1 is 1.13 bits per heavy atom. The minimum absolute atomic E-state index is 0.0679. The molecule has 0 radical (unpaired) electrons. The SMILES string of the molecule is Cc1ccccc1C(=O)NCC(=O)NN=Cc1ccccc1O. The van der Waals surface area contributed by atoms with E-state index >= 15 is 0 Å². The average molecular weight is 311 g/mol. The zero-order valence-electron chi connectivity index (χ0n) is 12.6. The van der Waals surface area contributed by atoms with E-state index in [0.717, 1.165) is 5.56 Å². The maximum Gasteiger partial charge on any atom is 0.259 e. The maximum atomic E-state index is 11.9. The number of carbonyl (C=O) groups is 2. The quantitative estimate of drug-likeness (QED) is 0.578. The van der Waals surface area contributed by atoms with Gasteiger partial charge < -0.3 is 10.4 Å². The van der Waals surface area contributed by atoms with Gasteiger partial charge in [0, 0.05) is 11.1 Å². The Balaban J connectivity index is 1.83.